The highest BCUT2D eigenvalue weighted by Crippen LogP contribution is 2.69. The Morgan fingerprint density at radius 2 is 1.77 bits per heavy atom. The third kappa shape index (κ3) is 3.55. The number of hydrogen-bond acceptors (Lipinski definition) is 3. The molecule has 4 fully saturated rings. The molecule has 0 bridgehead atoms. The molecule has 10 atom stereocenters. The lowest BCUT2D eigenvalue weighted by Gasteiger charge is -2.63. The van der Waals surface area contributed by atoms with E-state index in [0.717, 1.165) is 54.8 Å². The van der Waals surface area contributed by atoms with Gasteiger partial charge in [-0.2, -0.15) is 0 Å². The van der Waals surface area contributed by atoms with Crippen molar-refractivity contribution in [3.8, 4) is 0 Å². The predicted molar refractivity (Wildman–Crippen MR) is 121 cm³/mol. The number of hydrogen-bond donors (Lipinski definition) is 1. The zero-order valence-corrected chi connectivity index (χ0v) is 20.2. The lowest BCUT2D eigenvalue weighted by molar-refractivity contribution is -0.154. The van der Waals surface area contributed by atoms with E-state index in [4.69, 9.17) is 4.74 Å². The largest absolute Gasteiger partial charge is 0.469 e. The Morgan fingerprint density at radius 1 is 1.07 bits per heavy atom. The maximum Gasteiger partial charge on any atom is 0.305 e. The number of rotatable bonds is 5. The summed E-state index contributed by atoms with van der Waals surface area (Å²) in [6.45, 7) is 10.0. The van der Waals surface area contributed by atoms with Crippen LogP contribution in [0.5, 0.6) is 0 Å². The van der Waals surface area contributed by atoms with Crippen molar-refractivity contribution in [3.63, 3.8) is 0 Å². The number of aliphatic hydroxyl groups excluding tert-OH is 1. The molecule has 1 unspecified atom stereocenters. The third-order valence-electron chi connectivity index (χ3n) is 11.1. The van der Waals surface area contributed by atoms with Crippen molar-refractivity contribution >= 4 is 5.97 Å². The molecular weight excluding hydrogens is 372 g/mol. The van der Waals surface area contributed by atoms with Crippen LogP contribution in [0.15, 0.2) is 0 Å². The van der Waals surface area contributed by atoms with Gasteiger partial charge in [0.05, 0.1) is 13.2 Å². The van der Waals surface area contributed by atoms with Gasteiger partial charge in [-0.1, -0.05) is 34.1 Å². The Labute approximate surface area is 184 Å². The van der Waals surface area contributed by atoms with E-state index in [1.54, 1.807) is 0 Å². The van der Waals surface area contributed by atoms with Crippen LogP contribution in [0.1, 0.15) is 98.3 Å². The zero-order valence-electron chi connectivity index (χ0n) is 20.2. The molecule has 0 spiro atoms. The molecule has 0 amide bonds. The molecule has 3 nitrogen and oxygen atoms in total. The van der Waals surface area contributed by atoms with Gasteiger partial charge in [-0.25, -0.2) is 0 Å². The topological polar surface area (TPSA) is 46.5 Å². The van der Waals surface area contributed by atoms with Gasteiger partial charge in [0.1, 0.15) is 0 Å². The minimum atomic E-state index is -0.0579. The Hall–Kier alpha value is -0.570. The van der Waals surface area contributed by atoms with Gasteiger partial charge in [-0.15, -0.1) is 0 Å². The maximum atomic E-state index is 11.7. The van der Waals surface area contributed by atoms with Crippen molar-refractivity contribution in [3.05, 3.63) is 0 Å². The lowest BCUT2D eigenvalue weighted by atomic mass is 9.42. The average molecular weight is 419 g/mol. The number of methoxy groups -OCH3 is 1. The smallest absolute Gasteiger partial charge is 0.305 e. The Morgan fingerprint density at radius 3 is 2.47 bits per heavy atom. The summed E-state index contributed by atoms with van der Waals surface area (Å²) in [6, 6.07) is 0. The van der Waals surface area contributed by atoms with E-state index in [0.29, 0.717) is 23.2 Å². The average Bonchev–Trinajstić information content (AvgIpc) is 3.09. The Balaban J connectivity index is 1.55. The molecule has 0 aromatic heterocycles. The molecule has 0 aliphatic heterocycles. The summed E-state index contributed by atoms with van der Waals surface area (Å²) in [6.07, 6.45) is 12.9. The van der Waals surface area contributed by atoms with Crippen LogP contribution in [0.2, 0.25) is 0 Å². The van der Waals surface area contributed by atoms with Crippen molar-refractivity contribution in [2.45, 2.75) is 104 Å². The fraction of sp³-hybridized carbons (Fsp3) is 0.963. The molecule has 172 valence electrons. The molecule has 0 aromatic carbocycles. The minimum Gasteiger partial charge on any atom is -0.469 e. The van der Waals surface area contributed by atoms with E-state index in [1.165, 1.54) is 52.1 Å². The first-order valence-electron chi connectivity index (χ1n) is 13.0. The van der Waals surface area contributed by atoms with E-state index >= 15 is 0 Å². The summed E-state index contributed by atoms with van der Waals surface area (Å²) in [5, 5.41) is 10.4. The number of fused-ring (bicyclic) bond motifs is 5. The van der Waals surface area contributed by atoms with Crippen LogP contribution < -0.4 is 0 Å². The summed E-state index contributed by atoms with van der Waals surface area (Å²) in [7, 11) is 1.51. The molecule has 0 heterocycles. The lowest BCUT2D eigenvalue weighted by Crippen LogP contribution is -2.57. The zero-order chi connectivity index (χ0) is 21.7. The first-order chi connectivity index (χ1) is 14.2. The van der Waals surface area contributed by atoms with Crippen LogP contribution >= 0.6 is 0 Å². The normalized spacial score (nSPS) is 48.9. The van der Waals surface area contributed by atoms with Gasteiger partial charge in [0, 0.05) is 6.42 Å². The molecule has 4 aliphatic rings. The standard InChI is InChI=1S/C27H46O3/c1-6-18-15-19-16-20(28)11-13-26(19,3)23-12-14-27(4)21(8-9-22(27)25(18)23)17(2)7-10-24(29)30-5/h17-23,25,28H,6-16H2,1-5H3/t17-,18?,19-,20-,21-,22+,23+,25+,26+,27-/m1/s1. The molecular formula is C27H46O3. The summed E-state index contributed by atoms with van der Waals surface area (Å²) in [5.74, 6) is 5.47. The van der Waals surface area contributed by atoms with Gasteiger partial charge in [-0.05, 0) is 110 Å². The minimum absolute atomic E-state index is 0.0537. The first kappa shape index (κ1) is 22.6. The number of esters is 1. The fourth-order valence-electron chi connectivity index (χ4n) is 9.46. The predicted octanol–water partition coefficient (Wildman–Crippen LogP) is 6.23. The highest BCUT2D eigenvalue weighted by atomic mass is 16.5. The van der Waals surface area contributed by atoms with Gasteiger partial charge in [0.15, 0.2) is 0 Å². The summed E-state index contributed by atoms with van der Waals surface area (Å²) < 4.78 is 4.91. The van der Waals surface area contributed by atoms with E-state index in [1.807, 2.05) is 0 Å². The quantitative estimate of drug-likeness (QED) is 0.538. The molecule has 3 heteroatoms. The SMILES string of the molecule is CCC1C[C@@H]2C[C@H](O)CC[C@]2(C)[C@H]2CC[C@]3(C)[C@@H]([C@H](C)CCC(=O)OC)CC[C@H]3[C@H]12. The van der Waals surface area contributed by atoms with Gasteiger partial charge in [-0.3, -0.25) is 4.79 Å². The van der Waals surface area contributed by atoms with Gasteiger partial charge < -0.3 is 9.84 Å². The van der Waals surface area contributed by atoms with Gasteiger partial charge >= 0.3 is 5.97 Å². The maximum absolute atomic E-state index is 11.7. The monoisotopic (exact) mass is 418 g/mol. The van der Waals surface area contributed by atoms with Crippen molar-refractivity contribution in [2.75, 3.05) is 7.11 Å². The van der Waals surface area contributed by atoms with E-state index in [9.17, 15) is 9.90 Å². The second-order valence-corrected chi connectivity index (χ2v) is 12.1. The van der Waals surface area contributed by atoms with Crippen molar-refractivity contribution < 1.29 is 14.6 Å². The second kappa shape index (κ2) is 8.41. The second-order valence-electron chi connectivity index (χ2n) is 12.1. The first-order valence-corrected chi connectivity index (χ1v) is 13.0. The molecule has 4 saturated carbocycles. The van der Waals surface area contributed by atoms with Gasteiger partial charge in [0.25, 0.3) is 0 Å². The van der Waals surface area contributed by atoms with E-state index in [2.05, 4.69) is 27.7 Å². The molecule has 0 radical (unpaired) electrons. The molecule has 0 saturated heterocycles. The van der Waals surface area contributed by atoms with Crippen LogP contribution in [0.25, 0.3) is 0 Å². The Bertz CT molecular complexity index is 632. The number of aliphatic hydroxyl groups is 1. The van der Waals surface area contributed by atoms with E-state index in [-0.39, 0.29) is 12.1 Å². The van der Waals surface area contributed by atoms with E-state index < -0.39 is 0 Å². The van der Waals surface area contributed by atoms with Gasteiger partial charge in [0.2, 0.25) is 0 Å². The molecule has 30 heavy (non-hydrogen) atoms. The molecule has 0 aromatic rings. The van der Waals surface area contributed by atoms with Crippen LogP contribution in [-0.4, -0.2) is 24.3 Å². The Kier molecular flexibility index (Phi) is 6.34. The highest BCUT2D eigenvalue weighted by molar-refractivity contribution is 5.69. The third-order valence-corrected chi connectivity index (χ3v) is 11.1. The molecule has 4 aliphatic carbocycles. The summed E-state index contributed by atoms with van der Waals surface area (Å²) >= 11 is 0. The summed E-state index contributed by atoms with van der Waals surface area (Å²) in [4.78, 5) is 11.7. The van der Waals surface area contributed by atoms with Crippen molar-refractivity contribution in [1.29, 1.82) is 0 Å². The molecule has 1 N–H and O–H groups in total. The van der Waals surface area contributed by atoms with Crippen LogP contribution in [0.3, 0.4) is 0 Å². The van der Waals surface area contributed by atoms with Crippen molar-refractivity contribution in [1.82, 2.24) is 0 Å². The molecule has 4 rings (SSSR count). The highest BCUT2D eigenvalue weighted by Gasteiger charge is 2.62. The van der Waals surface area contributed by atoms with Crippen LogP contribution in [-0.2, 0) is 9.53 Å². The number of carbonyl (C=O) groups is 1. The van der Waals surface area contributed by atoms with Crippen LogP contribution in [0, 0.1) is 52.3 Å². The number of carbonyl (C=O) groups excluding carboxylic acids is 1. The van der Waals surface area contributed by atoms with Crippen LogP contribution in [0.4, 0.5) is 0 Å². The number of ether oxygens (including phenoxy) is 1. The fourth-order valence-corrected chi connectivity index (χ4v) is 9.46. The van der Waals surface area contributed by atoms with Crippen molar-refractivity contribution in [2.24, 2.45) is 52.3 Å². The summed E-state index contributed by atoms with van der Waals surface area (Å²) in [5.41, 5.74) is 0.896.